The third-order valence-electron chi connectivity index (χ3n) is 3.92. The van der Waals surface area contributed by atoms with Crippen molar-refractivity contribution in [1.29, 1.82) is 0 Å². The van der Waals surface area contributed by atoms with Gasteiger partial charge in [0.05, 0.1) is 6.54 Å². The van der Waals surface area contributed by atoms with Crippen molar-refractivity contribution >= 4 is 17.5 Å². The van der Waals surface area contributed by atoms with E-state index < -0.39 is 0 Å². The minimum absolute atomic E-state index is 0.183. The standard InChI is InChI=1S/C20H14ClN3O3/c21-15-8-6-14(7-9-15)19-11-18(24-27-19)20(25)22-12-16-10-17(23-26-16)13-4-2-1-3-5-13/h1-11H,12H2,(H,22,25). The van der Waals surface area contributed by atoms with Gasteiger partial charge in [0.25, 0.3) is 5.91 Å². The van der Waals surface area contributed by atoms with Gasteiger partial charge >= 0.3 is 0 Å². The molecule has 0 aliphatic rings. The van der Waals surface area contributed by atoms with Crippen LogP contribution in [0.5, 0.6) is 0 Å². The predicted octanol–water partition coefficient (Wildman–Crippen LogP) is 4.58. The zero-order valence-electron chi connectivity index (χ0n) is 14.1. The highest BCUT2D eigenvalue weighted by Gasteiger charge is 2.15. The summed E-state index contributed by atoms with van der Waals surface area (Å²) >= 11 is 5.87. The molecule has 27 heavy (non-hydrogen) atoms. The average molecular weight is 380 g/mol. The van der Waals surface area contributed by atoms with Crippen LogP contribution in [0.4, 0.5) is 0 Å². The molecule has 2 aromatic carbocycles. The van der Waals surface area contributed by atoms with Crippen LogP contribution in [0.2, 0.25) is 5.02 Å². The molecule has 0 aliphatic heterocycles. The summed E-state index contributed by atoms with van der Waals surface area (Å²) in [5, 5.41) is 11.2. The lowest BCUT2D eigenvalue weighted by molar-refractivity contribution is 0.0938. The van der Waals surface area contributed by atoms with Crippen molar-refractivity contribution in [2.75, 3.05) is 0 Å². The zero-order chi connectivity index (χ0) is 18.6. The van der Waals surface area contributed by atoms with Crippen molar-refractivity contribution in [2.24, 2.45) is 0 Å². The lowest BCUT2D eigenvalue weighted by atomic mass is 10.1. The van der Waals surface area contributed by atoms with Gasteiger partial charge in [-0.2, -0.15) is 0 Å². The van der Waals surface area contributed by atoms with Gasteiger partial charge in [0.15, 0.2) is 17.2 Å². The lowest BCUT2D eigenvalue weighted by Gasteiger charge is -1.98. The van der Waals surface area contributed by atoms with Crippen molar-refractivity contribution in [1.82, 2.24) is 15.6 Å². The van der Waals surface area contributed by atoms with Gasteiger partial charge in [-0.1, -0.05) is 52.2 Å². The SMILES string of the molecule is O=C(NCc1cc(-c2ccccc2)no1)c1cc(-c2ccc(Cl)cc2)on1. The number of hydrogen-bond donors (Lipinski definition) is 1. The van der Waals surface area contributed by atoms with Crippen LogP contribution in [0.3, 0.4) is 0 Å². The van der Waals surface area contributed by atoms with Crippen molar-refractivity contribution in [3.63, 3.8) is 0 Å². The maximum atomic E-state index is 12.3. The first-order chi connectivity index (χ1) is 13.2. The van der Waals surface area contributed by atoms with Gasteiger partial charge in [0.1, 0.15) is 5.69 Å². The van der Waals surface area contributed by atoms with Crippen molar-refractivity contribution in [3.05, 3.63) is 83.2 Å². The summed E-state index contributed by atoms with van der Waals surface area (Å²) in [7, 11) is 0. The van der Waals surface area contributed by atoms with E-state index in [0.717, 1.165) is 11.1 Å². The first-order valence-corrected chi connectivity index (χ1v) is 8.59. The summed E-state index contributed by atoms with van der Waals surface area (Å²) in [6.07, 6.45) is 0. The van der Waals surface area contributed by atoms with Gasteiger partial charge in [-0.3, -0.25) is 4.79 Å². The van der Waals surface area contributed by atoms with Crippen LogP contribution < -0.4 is 5.32 Å². The summed E-state index contributed by atoms with van der Waals surface area (Å²) in [6, 6.07) is 20.1. The van der Waals surface area contributed by atoms with Crippen LogP contribution in [0.15, 0.2) is 75.8 Å². The van der Waals surface area contributed by atoms with Gasteiger partial charge in [0.2, 0.25) is 0 Å². The fourth-order valence-corrected chi connectivity index (χ4v) is 2.66. The minimum Gasteiger partial charge on any atom is -0.359 e. The first-order valence-electron chi connectivity index (χ1n) is 8.21. The number of rotatable bonds is 5. The number of nitrogens with one attached hydrogen (secondary N) is 1. The van der Waals surface area contributed by atoms with Crippen molar-refractivity contribution in [3.8, 4) is 22.6 Å². The Labute approximate surface area is 159 Å². The van der Waals surface area contributed by atoms with E-state index in [2.05, 4.69) is 15.6 Å². The molecule has 0 unspecified atom stereocenters. The Kier molecular flexibility index (Phi) is 4.72. The van der Waals surface area contributed by atoms with Gasteiger partial charge in [-0.25, -0.2) is 0 Å². The van der Waals surface area contributed by atoms with E-state index in [0.29, 0.717) is 22.2 Å². The van der Waals surface area contributed by atoms with E-state index in [1.165, 1.54) is 0 Å². The van der Waals surface area contributed by atoms with E-state index in [-0.39, 0.29) is 18.1 Å². The van der Waals surface area contributed by atoms with E-state index in [1.54, 1.807) is 36.4 Å². The van der Waals surface area contributed by atoms with E-state index in [4.69, 9.17) is 20.6 Å². The zero-order valence-corrected chi connectivity index (χ0v) is 14.8. The summed E-state index contributed by atoms with van der Waals surface area (Å²) < 4.78 is 10.5. The van der Waals surface area contributed by atoms with Crippen LogP contribution in [0.1, 0.15) is 16.2 Å². The second-order valence-electron chi connectivity index (χ2n) is 5.81. The number of halogens is 1. The normalized spacial score (nSPS) is 10.7. The first kappa shape index (κ1) is 17.1. The molecule has 1 amide bonds. The molecule has 7 heteroatoms. The Morgan fingerprint density at radius 1 is 0.926 bits per heavy atom. The fourth-order valence-electron chi connectivity index (χ4n) is 2.53. The topological polar surface area (TPSA) is 81.2 Å². The number of nitrogens with zero attached hydrogens (tertiary/aromatic N) is 2. The molecule has 0 atom stereocenters. The second-order valence-corrected chi connectivity index (χ2v) is 6.25. The average Bonchev–Trinajstić information content (AvgIpc) is 3.37. The molecule has 0 spiro atoms. The minimum atomic E-state index is -0.364. The molecule has 0 saturated carbocycles. The molecule has 0 bridgehead atoms. The summed E-state index contributed by atoms with van der Waals surface area (Å²) in [4.78, 5) is 12.3. The molecule has 2 aromatic heterocycles. The Morgan fingerprint density at radius 2 is 1.70 bits per heavy atom. The van der Waals surface area contributed by atoms with E-state index in [9.17, 15) is 4.79 Å². The smallest absolute Gasteiger partial charge is 0.273 e. The largest absolute Gasteiger partial charge is 0.359 e. The molecule has 6 nitrogen and oxygen atoms in total. The molecular weight excluding hydrogens is 366 g/mol. The van der Waals surface area contributed by atoms with Crippen LogP contribution in [-0.4, -0.2) is 16.2 Å². The second kappa shape index (κ2) is 7.47. The molecule has 4 rings (SSSR count). The summed E-state index contributed by atoms with van der Waals surface area (Å²) in [5.41, 5.74) is 2.63. The molecule has 0 saturated heterocycles. The molecule has 1 N–H and O–H groups in total. The fraction of sp³-hybridized carbons (Fsp3) is 0.0500. The molecular formula is C20H14ClN3O3. The Morgan fingerprint density at radius 3 is 2.48 bits per heavy atom. The van der Waals surface area contributed by atoms with Crippen LogP contribution >= 0.6 is 11.6 Å². The molecule has 4 aromatic rings. The summed E-state index contributed by atoms with van der Waals surface area (Å²) in [5.74, 6) is 0.670. The van der Waals surface area contributed by atoms with Gasteiger partial charge in [-0.05, 0) is 24.3 Å². The Hall–Kier alpha value is -3.38. The van der Waals surface area contributed by atoms with Crippen molar-refractivity contribution in [2.45, 2.75) is 6.54 Å². The number of carbonyl (C=O) groups excluding carboxylic acids is 1. The number of aromatic nitrogens is 2. The highest BCUT2D eigenvalue weighted by Crippen LogP contribution is 2.22. The molecule has 2 heterocycles. The highest BCUT2D eigenvalue weighted by atomic mass is 35.5. The quantitative estimate of drug-likeness (QED) is 0.549. The van der Waals surface area contributed by atoms with E-state index >= 15 is 0 Å². The summed E-state index contributed by atoms with van der Waals surface area (Å²) in [6.45, 7) is 0.196. The molecule has 0 aliphatic carbocycles. The number of benzene rings is 2. The third kappa shape index (κ3) is 3.91. The van der Waals surface area contributed by atoms with Gasteiger partial charge in [-0.15, -0.1) is 0 Å². The lowest BCUT2D eigenvalue weighted by Crippen LogP contribution is -2.22. The van der Waals surface area contributed by atoms with Crippen LogP contribution in [-0.2, 0) is 6.54 Å². The van der Waals surface area contributed by atoms with Crippen LogP contribution in [0, 0.1) is 0 Å². The monoisotopic (exact) mass is 379 g/mol. The molecule has 0 fully saturated rings. The van der Waals surface area contributed by atoms with Gasteiger partial charge in [0, 0.05) is 28.3 Å². The number of hydrogen-bond acceptors (Lipinski definition) is 5. The number of carbonyl (C=O) groups is 1. The highest BCUT2D eigenvalue weighted by molar-refractivity contribution is 6.30. The third-order valence-corrected chi connectivity index (χ3v) is 4.18. The maximum Gasteiger partial charge on any atom is 0.273 e. The number of amides is 1. The van der Waals surface area contributed by atoms with Crippen molar-refractivity contribution < 1.29 is 13.8 Å². The van der Waals surface area contributed by atoms with E-state index in [1.807, 2.05) is 30.3 Å². The molecule has 0 radical (unpaired) electrons. The maximum absolute atomic E-state index is 12.3. The predicted molar refractivity (Wildman–Crippen MR) is 100 cm³/mol. The molecule has 134 valence electrons. The Bertz CT molecular complexity index is 1060. The van der Waals surface area contributed by atoms with Gasteiger partial charge < -0.3 is 14.4 Å². The Balaban J connectivity index is 1.40. The van der Waals surface area contributed by atoms with Crippen LogP contribution in [0.25, 0.3) is 22.6 Å².